The molecule has 1 amide bonds. The van der Waals surface area contributed by atoms with Crippen LogP contribution in [0, 0.1) is 5.92 Å². The second-order valence-corrected chi connectivity index (χ2v) is 13.4. The zero-order chi connectivity index (χ0) is 32.8. The van der Waals surface area contributed by atoms with Gasteiger partial charge in [-0.2, -0.15) is 0 Å². The number of nitrogens with one attached hydrogen (secondary N) is 2. The summed E-state index contributed by atoms with van der Waals surface area (Å²) in [6.07, 6.45) is -10.3. The topological polar surface area (TPSA) is 330 Å². The van der Waals surface area contributed by atoms with Crippen molar-refractivity contribution in [1.29, 1.82) is 0 Å². The molecule has 2 aliphatic heterocycles. The van der Waals surface area contributed by atoms with Crippen molar-refractivity contribution in [3.05, 3.63) is 0 Å². The fraction of sp³-hybridized carbons (Fsp3) is 0.963. The van der Waals surface area contributed by atoms with E-state index in [4.69, 9.17) is 47.6 Å². The Morgan fingerprint density at radius 2 is 1.51 bits per heavy atom. The number of nitrogens with two attached hydrogens (primary N) is 5. The van der Waals surface area contributed by atoms with E-state index in [-0.39, 0.29) is 31.8 Å². The van der Waals surface area contributed by atoms with Gasteiger partial charge in [-0.3, -0.25) is 4.79 Å². The average molecular weight is 650 g/mol. The molecule has 2 saturated heterocycles. The van der Waals surface area contributed by atoms with Gasteiger partial charge < -0.3 is 88.9 Å². The summed E-state index contributed by atoms with van der Waals surface area (Å²) >= 11 is 0. The molecule has 3 aliphatic carbocycles. The van der Waals surface area contributed by atoms with Crippen molar-refractivity contribution in [3.63, 3.8) is 0 Å². The molecule has 0 bridgehead atoms. The monoisotopic (exact) mass is 649 g/mol. The van der Waals surface area contributed by atoms with Gasteiger partial charge in [0.25, 0.3) is 5.91 Å². The molecule has 0 spiro atoms. The van der Waals surface area contributed by atoms with Crippen LogP contribution in [0.25, 0.3) is 0 Å². The van der Waals surface area contributed by atoms with E-state index in [2.05, 4.69) is 10.6 Å². The number of hydrogen-bond acceptors (Lipinski definition) is 17. The Morgan fingerprint density at radius 3 is 2.11 bits per heavy atom. The highest BCUT2D eigenvalue weighted by atomic mass is 16.7. The van der Waals surface area contributed by atoms with Crippen LogP contribution in [0.5, 0.6) is 0 Å². The van der Waals surface area contributed by atoms with E-state index in [1.807, 2.05) is 0 Å². The van der Waals surface area contributed by atoms with Crippen molar-refractivity contribution in [2.45, 2.75) is 135 Å². The Hall–Kier alpha value is -1.17. The van der Waals surface area contributed by atoms with E-state index >= 15 is 0 Å². The Bertz CT molecular complexity index is 1010. The van der Waals surface area contributed by atoms with Crippen LogP contribution in [0.1, 0.15) is 32.1 Å². The largest absolute Gasteiger partial charge is 0.394 e. The maximum Gasteiger partial charge on any atom is 0.253 e. The number of hydrogen-bond donors (Lipinski definition) is 13. The lowest BCUT2D eigenvalue weighted by atomic mass is 9.80. The molecule has 18 heteroatoms. The molecule has 18 nitrogen and oxygen atoms in total. The first-order valence-corrected chi connectivity index (χ1v) is 15.7. The van der Waals surface area contributed by atoms with Gasteiger partial charge in [-0.05, 0) is 38.1 Å². The van der Waals surface area contributed by atoms with Crippen LogP contribution in [-0.4, -0.2) is 160 Å². The Labute approximate surface area is 260 Å². The molecular formula is C27H51N7O11. The number of amides is 1. The van der Waals surface area contributed by atoms with Gasteiger partial charge in [-0.15, -0.1) is 0 Å². The van der Waals surface area contributed by atoms with Crippen molar-refractivity contribution >= 4 is 5.91 Å². The van der Waals surface area contributed by atoms with Crippen molar-refractivity contribution in [1.82, 2.24) is 10.6 Å². The highest BCUT2D eigenvalue weighted by Crippen LogP contribution is 2.36. The van der Waals surface area contributed by atoms with Gasteiger partial charge in [0.15, 0.2) is 18.2 Å². The first kappa shape index (κ1) is 35.1. The third kappa shape index (κ3) is 7.31. The van der Waals surface area contributed by atoms with Gasteiger partial charge in [0.05, 0.1) is 36.9 Å². The molecule has 3 unspecified atom stereocenters. The molecule has 5 rings (SSSR count). The second kappa shape index (κ2) is 14.1. The van der Waals surface area contributed by atoms with E-state index in [0.29, 0.717) is 12.5 Å². The van der Waals surface area contributed by atoms with Gasteiger partial charge in [0.2, 0.25) is 0 Å². The first-order chi connectivity index (χ1) is 21.3. The van der Waals surface area contributed by atoms with Crippen LogP contribution >= 0.6 is 0 Å². The Kier molecular flexibility index (Phi) is 11.0. The molecule has 45 heavy (non-hydrogen) atoms. The van der Waals surface area contributed by atoms with Crippen molar-refractivity contribution < 1.29 is 54.4 Å². The zero-order valence-electron chi connectivity index (χ0n) is 25.1. The Morgan fingerprint density at radius 1 is 0.867 bits per heavy atom. The fourth-order valence-corrected chi connectivity index (χ4v) is 6.78. The molecule has 5 aliphatic rings. The van der Waals surface area contributed by atoms with Crippen LogP contribution in [0.3, 0.4) is 0 Å². The van der Waals surface area contributed by atoms with Gasteiger partial charge in [-0.1, -0.05) is 0 Å². The average Bonchev–Trinajstić information content (AvgIpc) is 3.62. The number of aliphatic hydroxyl groups excluding tert-OH is 5. The maximum atomic E-state index is 12.9. The van der Waals surface area contributed by atoms with Crippen LogP contribution in [-0.2, 0) is 23.7 Å². The first-order valence-electron chi connectivity index (χ1n) is 15.7. The summed E-state index contributed by atoms with van der Waals surface area (Å²) in [7, 11) is 0. The number of ether oxygens (including phenoxy) is 4. The molecule has 260 valence electrons. The van der Waals surface area contributed by atoms with Crippen molar-refractivity contribution in [2.24, 2.45) is 34.6 Å². The zero-order valence-corrected chi connectivity index (χ0v) is 25.1. The number of aliphatic hydroxyl groups is 6. The van der Waals surface area contributed by atoms with Crippen molar-refractivity contribution in [3.8, 4) is 0 Å². The minimum atomic E-state index is -1.79. The number of carbonyl (C=O) groups excluding carboxylic acids is 1. The lowest BCUT2D eigenvalue weighted by molar-refractivity contribution is -0.316. The summed E-state index contributed by atoms with van der Waals surface area (Å²) < 4.78 is 23.9. The van der Waals surface area contributed by atoms with E-state index < -0.39 is 110 Å². The molecule has 2 heterocycles. The predicted octanol–water partition coefficient (Wildman–Crippen LogP) is -7.31. The van der Waals surface area contributed by atoms with Gasteiger partial charge >= 0.3 is 0 Å². The predicted molar refractivity (Wildman–Crippen MR) is 154 cm³/mol. The lowest BCUT2D eigenvalue weighted by Gasteiger charge is -2.49. The number of rotatable bonds is 11. The highest BCUT2D eigenvalue weighted by Gasteiger charge is 2.59. The molecule has 18 N–H and O–H groups in total. The summed E-state index contributed by atoms with van der Waals surface area (Å²) in [6, 6.07) is -4.27. The normalized spacial score (nSPS) is 51.8. The number of carbonyl (C=O) groups is 1. The molecule has 0 aromatic carbocycles. The SMILES string of the molecule is NC[C@H]1O[C@H](OC2[C@@H](N)C[C@@H](NC(=O)C3(O)CC3N)[C@H](O[C@H]3O[C@H](CO)[C@@H](O)[C@H](N)[C@H]3O)[C@H]2O)[C@H](NCC2CC(N)C2)C[C@@H]1O. The van der Waals surface area contributed by atoms with Gasteiger partial charge in [0, 0.05) is 31.1 Å². The van der Waals surface area contributed by atoms with E-state index in [0.717, 1.165) is 12.8 Å². The summed E-state index contributed by atoms with van der Waals surface area (Å²) in [5.41, 5.74) is 28.2. The van der Waals surface area contributed by atoms with E-state index in [9.17, 15) is 35.4 Å². The lowest BCUT2D eigenvalue weighted by Crippen LogP contribution is -2.69. The molecule has 0 aromatic heterocycles. The minimum Gasteiger partial charge on any atom is -0.394 e. The summed E-state index contributed by atoms with van der Waals surface area (Å²) in [4.78, 5) is 12.9. The highest BCUT2D eigenvalue weighted by molar-refractivity contribution is 5.89. The molecule has 3 saturated carbocycles. The molecule has 16 atom stereocenters. The fourth-order valence-electron chi connectivity index (χ4n) is 6.78. The van der Waals surface area contributed by atoms with Crippen LogP contribution in [0.2, 0.25) is 0 Å². The van der Waals surface area contributed by atoms with Crippen LogP contribution in [0.4, 0.5) is 0 Å². The van der Waals surface area contributed by atoms with Crippen LogP contribution in [0.15, 0.2) is 0 Å². The summed E-state index contributed by atoms with van der Waals surface area (Å²) in [5, 5.41) is 69.6. The maximum absolute atomic E-state index is 12.9. The smallest absolute Gasteiger partial charge is 0.253 e. The standard InChI is InChI=1S/C27H51N7O11/c28-6-15-14(36)4-13(33-7-9-1-10(29)2-9)24(42-15)44-22-11(30)3-12(34-26(40)27(41)5-17(27)31)23(21(22)39)45-25-20(38)18(32)19(37)16(8-35)43-25/h9-25,33,35-39,41H,1-8,28-32H2,(H,34,40)/t9?,10?,11-,12+,13+,14-,15+,16+,17?,18-,19+,20+,21-,22?,23-,24+,25+,27?/m0/s1. The van der Waals surface area contributed by atoms with E-state index in [1.54, 1.807) is 0 Å². The minimum absolute atomic E-state index is 0.0158. The van der Waals surface area contributed by atoms with Gasteiger partial charge in [-0.25, -0.2) is 0 Å². The summed E-state index contributed by atoms with van der Waals surface area (Å²) in [6.45, 7) is -0.00402. The molecule has 0 aromatic rings. The Balaban J connectivity index is 1.34. The third-order valence-electron chi connectivity index (χ3n) is 9.97. The van der Waals surface area contributed by atoms with Gasteiger partial charge in [0.1, 0.15) is 36.6 Å². The molecule has 5 fully saturated rings. The van der Waals surface area contributed by atoms with Crippen LogP contribution < -0.4 is 39.3 Å². The van der Waals surface area contributed by atoms with Crippen molar-refractivity contribution in [2.75, 3.05) is 19.7 Å². The quantitative estimate of drug-likeness (QED) is 0.0988. The summed E-state index contributed by atoms with van der Waals surface area (Å²) in [5.74, 6) is -0.424. The molecular weight excluding hydrogens is 598 g/mol. The second-order valence-electron chi connectivity index (χ2n) is 13.4. The van der Waals surface area contributed by atoms with E-state index in [1.165, 1.54) is 0 Å². The third-order valence-corrected chi connectivity index (χ3v) is 9.97. The molecule has 0 radical (unpaired) electrons.